The summed E-state index contributed by atoms with van der Waals surface area (Å²) in [6.07, 6.45) is -4.34. The van der Waals surface area contributed by atoms with Gasteiger partial charge in [0.05, 0.1) is 11.0 Å². The van der Waals surface area contributed by atoms with Crippen molar-refractivity contribution in [3.8, 4) is 5.75 Å². The third kappa shape index (κ3) is 2.44. The van der Waals surface area contributed by atoms with Crippen LogP contribution in [-0.4, -0.2) is 15.9 Å². The Kier molecular flexibility index (Phi) is 2.98. The van der Waals surface area contributed by atoms with Crippen molar-refractivity contribution < 1.29 is 22.7 Å². The molecular formula is C11H9F3N2O2. The number of carbonyl (C=O) groups excluding carboxylic acids is 1. The van der Waals surface area contributed by atoms with Crippen LogP contribution in [-0.2, 0) is 11.0 Å². The monoisotopic (exact) mass is 258 g/mol. The zero-order valence-electron chi connectivity index (χ0n) is 9.34. The zero-order valence-corrected chi connectivity index (χ0v) is 9.34. The molecule has 0 aliphatic carbocycles. The van der Waals surface area contributed by atoms with E-state index in [-0.39, 0.29) is 23.2 Å². The summed E-state index contributed by atoms with van der Waals surface area (Å²) in [5, 5.41) is 0. The van der Waals surface area contributed by atoms with Crippen LogP contribution >= 0.6 is 0 Å². The molecule has 0 atom stereocenters. The number of hydrogen-bond acceptors (Lipinski definition) is 3. The van der Waals surface area contributed by atoms with E-state index in [9.17, 15) is 18.0 Å². The van der Waals surface area contributed by atoms with Gasteiger partial charge in [0, 0.05) is 12.5 Å². The first-order chi connectivity index (χ1) is 8.40. The number of esters is 1. The van der Waals surface area contributed by atoms with Crippen LogP contribution in [0.1, 0.15) is 19.2 Å². The van der Waals surface area contributed by atoms with E-state index in [1.54, 1.807) is 6.92 Å². The van der Waals surface area contributed by atoms with Gasteiger partial charge in [0.15, 0.2) is 0 Å². The zero-order chi connectivity index (χ0) is 13.3. The lowest BCUT2D eigenvalue weighted by molar-refractivity contribution is -0.144. The van der Waals surface area contributed by atoms with E-state index in [0.29, 0.717) is 0 Å². The van der Waals surface area contributed by atoms with Gasteiger partial charge in [-0.3, -0.25) is 4.79 Å². The smallest absolute Gasteiger partial charge is 0.426 e. The largest absolute Gasteiger partial charge is 0.449 e. The second-order valence-electron chi connectivity index (χ2n) is 3.59. The fourth-order valence-electron chi connectivity index (χ4n) is 1.39. The minimum absolute atomic E-state index is 0.165. The highest BCUT2D eigenvalue weighted by Crippen LogP contribution is 2.29. The summed E-state index contributed by atoms with van der Waals surface area (Å²) in [6, 6.07) is 4.07. The number of alkyl halides is 3. The summed E-state index contributed by atoms with van der Waals surface area (Å²) in [7, 11) is 0. The molecule has 0 bridgehead atoms. The highest BCUT2D eigenvalue weighted by molar-refractivity contribution is 5.79. The van der Waals surface area contributed by atoms with E-state index in [0.717, 1.165) is 0 Å². The van der Waals surface area contributed by atoms with Gasteiger partial charge in [-0.05, 0) is 12.1 Å². The molecule has 1 aromatic heterocycles. The molecule has 0 spiro atoms. The molecular weight excluding hydrogens is 249 g/mol. The number of halogens is 3. The highest BCUT2D eigenvalue weighted by Gasteiger charge is 2.34. The van der Waals surface area contributed by atoms with E-state index >= 15 is 0 Å². The van der Waals surface area contributed by atoms with Crippen LogP contribution in [0.4, 0.5) is 13.2 Å². The standard InChI is InChI=1S/C11H9F3N2O2/c1-2-9(17)18-6-3-4-7-8(5-6)16-10(15-7)11(12,13)14/h3-5H,2H2,1H3,(H,15,16). The number of benzene rings is 1. The van der Waals surface area contributed by atoms with Crippen molar-refractivity contribution >= 4 is 17.0 Å². The number of aromatic nitrogens is 2. The Labute approximate surface area is 99.8 Å². The maximum Gasteiger partial charge on any atom is 0.449 e. The highest BCUT2D eigenvalue weighted by atomic mass is 19.4. The molecule has 18 heavy (non-hydrogen) atoms. The van der Waals surface area contributed by atoms with Crippen LogP contribution in [0.25, 0.3) is 11.0 Å². The number of rotatable bonds is 2. The van der Waals surface area contributed by atoms with Gasteiger partial charge in [0.25, 0.3) is 0 Å². The minimum atomic E-state index is -4.53. The molecule has 0 saturated heterocycles. The van der Waals surface area contributed by atoms with Crippen molar-refractivity contribution in [2.75, 3.05) is 0 Å². The molecule has 0 aliphatic rings. The maximum absolute atomic E-state index is 12.4. The molecule has 7 heteroatoms. The van der Waals surface area contributed by atoms with Gasteiger partial charge in [-0.1, -0.05) is 6.92 Å². The molecule has 96 valence electrons. The molecule has 0 unspecified atom stereocenters. The predicted molar refractivity (Wildman–Crippen MR) is 57.0 cm³/mol. The van der Waals surface area contributed by atoms with Crippen LogP contribution in [0.5, 0.6) is 5.75 Å². The first-order valence-corrected chi connectivity index (χ1v) is 5.18. The molecule has 2 aromatic rings. The molecule has 1 heterocycles. The number of ether oxygens (including phenoxy) is 1. The Bertz CT molecular complexity index is 589. The topological polar surface area (TPSA) is 55.0 Å². The quantitative estimate of drug-likeness (QED) is 0.665. The van der Waals surface area contributed by atoms with E-state index in [1.165, 1.54) is 18.2 Å². The van der Waals surface area contributed by atoms with E-state index < -0.39 is 18.0 Å². The Balaban J connectivity index is 2.37. The fraction of sp³-hybridized carbons (Fsp3) is 0.273. The molecule has 1 aromatic carbocycles. The van der Waals surface area contributed by atoms with E-state index in [1.807, 2.05) is 0 Å². The molecule has 0 radical (unpaired) electrons. The van der Waals surface area contributed by atoms with Gasteiger partial charge >= 0.3 is 12.1 Å². The normalized spacial score (nSPS) is 11.8. The number of aromatic amines is 1. The molecule has 2 rings (SSSR count). The Hall–Kier alpha value is -2.05. The number of H-pyrrole nitrogens is 1. The molecule has 4 nitrogen and oxygen atoms in total. The third-order valence-corrected chi connectivity index (χ3v) is 2.24. The number of fused-ring (bicyclic) bond motifs is 1. The summed E-state index contributed by atoms with van der Waals surface area (Å²) in [4.78, 5) is 16.6. The van der Waals surface area contributed by atoms with Gasteiger partial charge in [-0.15, -0.1) is 0 Å². The molecule has 0 fully saturated rings. The number of carbonyl (C=O) groups is 1. The average Bonchev–Trinajstić information content (AvgIpc) is 2.71. The molecule has 0 aliphatic heterocycles. The van der Waals surface area contributed by atoms with Gasteiger partial charge in [0.1, 0.15) is 5.75 Å². The fourth-order valence-corrected chi connectivity index (χ4v) is 1.39. The van der Waals surface area contributed by atoms with Crippen LogP contribution in [0, 0.1) is 0 Å². The Morgan fingerprint density at radius 3 is 2.78 bits per heavy atom. The minimum Gasteiger partial charge on any atom is -0.426 e. The summed E-state index contributed by atoms with van der Waals surface area (Å²) >= 11 is 0. The number of imidazole rings is 1. The summed E-state index contributed by atoms with van der Waals surface area (Å²) < 4.78 is 42.1. The third-order valence-electron chi connectivity index (χ3n) is 2.24. The van der Waals surface area contributed by atoms with Crippen molar-refractivity contribution in [3.63, 3.8) is 0 Å². The number of nitrogens with zero attached hydrogens (tertiary/aromatic N) is 1. The van der Waals surface area contributed by atoms with Gasteiger partial charge in [0.2, 0.25) is 5.82 Å². The first-order valence-electron chi connectivity index (χ1n) is 5.18. The number of nitrogens with one attached hydrogen (secondary N) is 1. The lowest BCUT2D eigenvalue weighted by Gasteiger charge is -2.01. The van der Waals surface area contributed by atoms with Crippen molar-refractivity contribution in [2.24, 2.45) is 0 Å². The second-order valence-corrected chi connectivity index (χ2v) is 3.59. The van der Waals surface area contributed by atoms with Crippen LogP contribution < -0.4 is 4.74 Å². The van der Waals surface area contributed by atoms with Crippen LogP contribution in [0.3, 0.4) is 0 Å². The summed E-state index contributed by atoms with van der Waals surface area (Å²) in [5.74, 6) is -1.34. The first kappa shape index (κ1) is 12.4. The lowest BCUT2D eigenvalue weighted by Crippen LogP contribution is -2.06. The van der Waals surface area contributed by atoms with Crippen molar-refractivity contribution in [1.29, 1.82) is 0 Å². The maximum atomic E-state index is 12.4. The van der Waals surface area contributed by atoms with Gasteiger partial charge in [-0.25, -0.2) is 4.98 Å². The van der Waals surface area contributed by atoms with Gasteiger partial charge in [-0.2, -0.15) is 13.2 Å². The molecule has 1 N–H and O–H groups in total. The molecule has 0 amide bonds. The van der Waals surface area contributed by atoms with E-state index in [2.05, 4.69) is 9.97 Å². The van der Waals surface area contributed by atoms with Crippen molar-refractivity contribution in [2.45, 2.75) is 19.5 Å². The van der Waals surface area contributed by atoms with E-state index in [4.69, 9.17) is 4.74 Å². The summed E-state index contributed by atoms with van der Waals surface area (Å²) in [5.41, 5.74) is 0.336. The summed E-state index contributed by atoms with van der Waals surface area (Å²) in [6.45, 7) is 1.62. The number of hydrogen-bond donors (Lipinski definition) is 1. The molecule has 0 saturated carbocycles. The van der Waals surface area contributed by atoms with Gasteiger partial charge < -0.3 is 9.72 Å². The SMILES string of the molecule is CCC(=O)Oc1ccc2nc(C(F)(F)F)[nH]c2c1. The Morgan fingerprint density at radius 1 is 1.44 bits per heavy atom. The second kappa shape index (κ2) is 4.32. The van der Waals surface area contributed by atoms with Crippen molar-refractivity contribution in [1.82, 2.24) is 9.97 Å². The van der Waals surface area contributed by atoms with Crippen molar-refractivity contribution in [3.05, 3.63) is 24.0 Å². The average molecular weight is 258 g/mol. The predicted octanol–water partition coefficient (Wildman–Crippen LogP) is 2.90. The Morgan fingerprint density at radius 2 is 2.17 bits per heavy atom. The van der Waals surface area contributed by atoms with Crippen LogP contribution in [0.15, 0.2) is 18.2 Å². The van der Waals surface area contributed by atoms with Crippen LogP contribution in [0.2, 0.25) is 0 Å². The lowest BCUT2D eigenvalue weighted by atomic mass is 10.3.